The van der Waals surface area contributed by atoms with Crippen LogP contribution in [0.5, 0.6) is 0 Å². The zero-order valence-electron chi connectivity index (χ0n) is 11.8. The zero-order valence-corrected chi connectivity index (χ0v) is 12.6. The van der Waals surface area contributed by atoms with E-state index in [0.717, 1.165) is 0 Å². The second-order valence-electron chi connectivity index (χ2n) is 4.71. The molecule has 0 bridgehead atoms. The molecule has 108 valence electrons. The van der Waals surface area contributed by atoms with Gasteiger partial charge in [-0.2, -0.15) is 11.8 Å². The van der Waals surface area contributed by atoms with Crippen LogP contribution in [0.3, 0.4) is 0 Å². The number of carbonyl (C=O) groups excluding carboxylic acids is 1. The topological polar surface area (TPSA) is 71.7 Å². The standard InChI is InChI=1S/C13H21NO4S/c1-9-11(12(15)17-3)5-10(18-9)6-14-7-13(2,16)8-19-4/h5,14,16H,6-8H2,1-4H3. The average Bonchev–Trinajstić information content (AvgIpc) is 2.69. The second-order valence-corrected chi connectivity index (χ2v) is 5.57. The van der Waals surface area contributed by atoms with Gasteiger partial charge >= 0.3 is 5.97 Å². The minimum Gasteiger partial charge on any atom is -0.465 e. The molecule has 1 aromatic rings. The van der Waals surface area contributed by atoms with Crippen LogP contribution in [0.4, 0.5) is 0 Å². The Morgan fingerprint density at radius 2 is 2.32 bits per heavy atom. The molecule has 0 aliphatic rings. The maximum absolute atomic E-state index is 11.4. The van der Waals surface area contributed by atoms with Crippen molar-refractivity contribution in [2.24, 2.45) is 0 Å². The lowest BCUT2D eigenvalue weighted by Gasteiger charge is -2.22. The molecule has 1 aromatic heterocycles. The van der Waals surface area contributed by atoms with Gasteiger partial charge in [-0.25, -0.2) is 4.79 Å². The number of thioether (sulfide) groups is 1. The molecule has 5 nitrogen and oxygen atoms in total. The van der Waals surface area contributed by atoms with Crippen molar-refractivity contribution >= 4 is 17.7 Å². The zero-order chi connectivity index (χ0) is 14.5. The van der Waals surface area contributed by atoms with Gasteiger partial charge in [0.1, 0.15) is 17.1 Å². The fraction of sp³-hybridized carbons (Fsp3) is 0.615. The van der Waals surface area contributed by atoms with Crippen molar-refractivity contribution in [3.05, 3.63) is 23.2 Å². The number of hydrogen-bond acceptors (Lipinski definition) is 6. The van der Waals surface area contributed by atoms with Crippen LogP contribution in [0, 0.1) is 6.92 Å². The number of methoxy groups -OCH3 is 1. The fourth-order valence-corrected chi connectivity index (χ4v) is 2.48. The van der Waals surface area contributed by atoms with Crippen molar-refractivity contribution in [3.63, 3.8) is 0 Å². The lowest BCUT2D eigenvalue weighted by atomic mass is 10.1. The fourth-order valence-electron chi connectivity index (χ4n) is 1.76. The van der Waals surface area contributed by atoms with E-state index in [4.69, 9.17) is 4.42 Å². The number of hydrogen-bond donors (Lipinski definition) is 2. The highest BCUT2D eigenvalue weighted by atomic mass is 32.2. The SMILES string of the molecule is COC(=O)c1cc(CNCC(C)(O)CSC)oc1C. The van der Waals surface area contributed by atoms with Crippen LogP contribution in [0.25, 0.3) is 0 Å². The van der Waals surface area contributed by atoms with Gasteiger partial charge in [0.2, 0.25) is 0 Å². The molecule has 19 heavy (non-hydrogen) atoms. The van der Waals surface area contributed by atoms with Crippen molar-refractivity contribution in [3.8, 4) is 0 Å². The van der Waals surface area contributed by atoms with Crippen LogP contribution in [0.15, 0.2) is 10.5 Å². The Bertz CT molecular complexity index is 428. The minimum atomic E-state index is -0.758. The Balaban J connectivity index is 2.53. The quantitative estimate of drug-likeness (QED) is 0.742. The van der Waals surface area contributed by atoms with Gasteiger partial charge in [0.15, 0.2) is 0 Å². The summed E-state index contributed by atoms with van der Waals surface area (Å²) in [5.41, 5.74) is -0.318. The predicted molar refractivity (Wildman–Crippen MR) is 75.5 cm³/mol. The molecule has 1 atom stereocenters. The van der Waals surface area contributed by atoms with E-state index in [-0.39, 0.29) is 0 Å². The Morgan fingerprint density at radius 3 is 2.89 bits per heavy atom. The van der Waals surface area contributed by atoms with Crippen molar-refractivity contribution < 1.29 is 19.1 Å². The summed E-state index contributed by atoms with van der Waals surface area (Å²) in [6.45, 7) is 4.42. The lowest BCUT2D eigenvalue weighted by molar-refractivity contribution is 0.0598. The molecule has 0 spiro atoms. The van der Waals surface area contributed by atoms with E-state index in [0.29, 0.717) is 35.9 Å². The summed E-state index contributed by atoms with van der Waals surface area (Å²) in [7, 11) is 1.34. The first-order valence-electron chi connectivity index (χ1n) is 5.99. The third-order valence-electron chi connectivity index (χ3n) is 2.63. The van der Waals surface area contributed by atoms with Crippen LogP contribution in [0.2, 0.25) is 0 Å². The van der Waals surface area contributed by atoms with Crippen LogP contribution in [0.1, 0.15) is 28.8 Å². The predicted octanol–water partition coefficient (Wildman–Crippen LogP) is 1.58. The Kier molecular flexibility index (Phi) is 5.90. The number of esters is 1. The largest absolute Gasteiger partial charge is 0.465 e. The van der Waals surface area contributed by atoms with Gasteiger partial charge < -0.3 is 19.6 Å². The average molecular weight is 287 g/mol. The monoisotopic (exact) mass is 287 g/mol. The summed E-state index contributed by atoms with van der Waals surface area (Å²) >= 11 is 1.59. The van der Waals surface area contributed by atoms with E-state index in [1.807, 2.05) is 6.26 Å². The first kappa shape index (κ1) is 16.1. The van der Waals surface area contributed by atoms with E-state index < -0.39 is 11.6 Å². The first-order chi connectivity index (χ1) is 8.89. The summed E-state index contributed by atoms with van der Waals surface area (Å²) < 4.78 is 10.1. The molecule has 0 saturated heterocycles. The van der Waals surface area contributed by atoms with Crippen molar-refractivity contribution in [2.45, 2.75) is 26.0 Å². The van der Waals surface area contributed by atoms with Gasteiger partial charge in [-0.3, -0.25) is 0 Å². The summed E-state index contributed by atoms with van der Waals surface area (Å²) in [5, 5.41) is 13.1. The maximum Gasteiger partial charge on any atom is 0.341 e. The molecule has 0 aliphatic heterocycles. The van der Waals surface area contributed by atoms with E-state index in [1.54, 1.807) is 31.7 Å². The molecular formula is C13H21NO4S. The molecule has 0 radical (unpaired) electrons. The first-order valence-corrected chi connectivity index (χ1v) is 7.38. The molecule has 0 saturated carbocycles. The summed E-state index contributed by atoms with van der Waals surface area (Å²) in [4.78, 5) is 11.4. The van der Waals surface area contributed by atoms with E-state index >= 15 is 0 Å². The van der Waals surface area contributed by atoms with Gasteiger partial charge in [0.25, 0.3) is 0 Å². The number of aliphatic hydroxyl groups is 1. The second kappa shape index (κ2) is 6.98. The van der Waals surface area contributed by atoms with Crippen LogP contribution < -0.4 is 5.32 Å². The minimum absolute atomic E-state index is 0.401. The Morgan fingerprint density at radius 1 is 1.63 bits per heavy atom. The third kappa shape index (κ3) is 4.89. The maximum atomic E-state index is 11.4. The van der Waals surface area contributed by atoms with E-state index in [9.17, 15) is 9.90 Å². The Labute approximate surface area is 117 Å². The number of ether oxygens (including phenoxy) is 1. The molecule has 1 heterocycles. The number of furan rings is 1. The van der Waals surface area contributed by atoms with Gasteiger partial charge in [0.05, 0.1) is 19.3 Å². The number of carbonyl (C=O) groups is 1. The normalized spacial score (nSPS) is 14.2. The summed E-state index contributed by atoms with van der Waals surface area (Å²) in [6, 6.07) is 1.66. The summed E-state index contributed by atoms with van der Waals surface area (Å²) in [6.07, 6.45) is 1.95. The molecule has 1 rings (SSSR count). The molecular weight excluding hydrogens is 266 g/mol. The molecule has 6 heteroatoms. The van der Waals surface area contributed by atoms with Crippen molar-refractivity contribution in [1.29, 1.82) is 0 Å². The number of rotatable bonds is 7. The molecule has 0 fully saturated rings. The Hall–Kier alpha value is -0.980. The molecule has 1 unspecified atom stereocenters. The summed E-state index contributed by atoms with van der Waals surface area (Å²) in [5.74, 6) is 1.45. The molecule has 2 N–H and O–H groups in total. The highest BCUT2D eigenvalue weighted by Gasteiger charge is 2.20. The highest BCUT2D eigenvalue weighted by molar-refractivity contribution is 7.98. The smallest absolute Gasteiger partial charge is 0.341 e. The highest BCUT2D eigenvalue weighted by Crippen LogP contribution is 2.16. The molecule has 0 aliphatic carbocycles. The van der Waals surface area contributed by atoms with Crippen molar-refractivity contribution in [2.75, 3.05) is 25.7 Å². The van der Waals surface area contributed by atoms with Crippen LogP contribution in [-0.2, 0) is 11.3 Å². The molecule has 0 amide bonds. The van der Waals surface area contributed by atoms with Gasteiger partial charge in [0, 0.05) is 12.3 Å². The van der Waals surface area contributed by atoms with Gasteiger partial charge in [-0.15, -0.1) is 0 Å². The van der Waals surface area contributed by atoms with Crippen molar-refractivity contribution in [1.82, 2.24) is 5.32 Å². The van der Waals surface area contributed by atoms with Crippen LogP contribution in [-0.4, -0.2) is 42.3 Å². The van der Waals surface area contributed by atoms with E-state index in [1.165, 1.54) is 7.11 Å². The lowest BCUT2D eigenvalue weighted by Crippen LogP contribution is -2.39. The van der Waals surface area contributed by atoms with Gasteiger partial charge in [-0.05, 0) is 26.2 Å². The molecule has 0 aromatic carbocycles. The third-order valence-corrected chi connectivity index (χ3v) is 3.55. The van der Waals surface area contributed by atoms with Crippen LogP contribution >= 0.6 is 11.8 Å². The van der Waals surface area contributed by atoms with E-state index in [2.05, 4.69) is 10.1 Å². The van der Waals surface area contributed by atoms with Gasteiger partial charge in [-0.1, -0.05) is 0 Å². The number of nitrogens with one attached hydrogen (secondary N) is 1. The number of aryl methyl sites for hydroxylation is 1.